The number of benzene rings is 1. The van der Waals surface area contributed by atoms with E-state index in [0.717, 1.165) is 66.2 Å². The summed E-state index contributed by atoms with van der Waals surface area (Å²) < 4.78 is 2.19. The molecule has 5 rings (SSSR count). The first kappa shape index (κ1) is 19.7. The Morgan fingerprint density at radius 2 is 1.74 bits per heavy atom. The number of amides is 1. The molecular weight excluding hydrogens is 386 g/mol. The molecule has 1 saturated heterocycles. The number of pyridine rings is 2. The van der Waals surface area contributed by atoms with Crippen LogP contribution in [0.15, 0.2) is 48.7 Å². The fraction of sp³-hybridized carbons (Fsp3) is 0.320. The van der Waals surface area contributed by atoms with Crippen LogP contribution in [-0.2, 0) is 6.54 Å². The van der Waals surface area contributed by atoms with Gasteiger partial charge in [-0.05, 0) is 50.6 Å². The predicted octanol–water partition coefficient (Wildman–Crippen LogP) is 3.77. The number of piperazine rings is 1. The van der Waals surface area contributed by atoms with Crippen molar-refractivity contribution in [2.24, 2.45) is 0 Å². The molecule has 0 saturated carbocycles. The molecule has 1 amide bonds. The molecule has 6 nitrogen and oxygen atoms in total. The molecule has 31 heavy (non-hydrogen) atoms. The van der Waals surface area contributed by atoms with Crippen molar-refractivity contribution in [2.45, 2.75) is 27.3 Å². The average molecular weight is 414 g/mol. The summed E-state index contributed by atoms with van der Waals surface area (Å²) in [5, 5.41) is 0.928. The molecule has 1 aliphatic heterocycles. The van der Waals surface area contributed by atoms with Crippen LogP contribution in [0.3, 0.4) is 0 Å². The van der Waals surface area contributed by atoms with E-state index < -0.39 is 0 Å². The highest BCUT2D eigenvalue weighted by molar-refractivity contribution is 6.06. The van der Waals surface area contributed by atoms with E-state index in [1.165, 1.54) is 11.3 Å². The second-order valence-corrected chi connectivity index (χ2v) is 8.47. The smallest absolute Gasteiger partial charge is 0.254 e. The zero-order valence-corrected chi connectivity index (χ0v) is 18.3. The van der Waals surface area contributed by atoms with Crippen LogP contribution in [0.2, 0.25) is 0 Å². The maximum absolute atomic E-state index is 13.3. The fourth-order valence-electron chi connectivity index (χ4n) is 4.48. The average Bonchev–Trinajstić information content (AvgIpc) is 3.07. The highest BCUT2D eigenvalue weighted by Gasteiger charge is 2.25. The summed E-state index contributed by atoms with van der Waals surface area (Å²) in [6.07, 6.45) is 2.11. The molecule has 0 radical (unpaired) electrons. The van der Waals surface area contributed by atoms with Gasteiger partial charge in [-0.3, -0.25) is 14.7 Å². The number of imidazole rings is 1. The van der Waals surface area contributed by atoms with E-state index in [4.69, 9.17) is 4.98 Å². The van der Waals surface area contributed by atoms with Gasteiger partial charge in [-0.2, -0.15) is 0 Å². The number of aryl methyl sites for hydroxylation is 3. The summed E-state index contributed by atoms with van der Waals surface area (Å²) in [5.41, 5.74) is 7.02. The Balaban J connectivity index is 1.31. The molecule has 6 heteroatoms. The van der Waals surface area contributed by atoms with Gasteiger partial charge < -0.3 is 9.30 Å². The van der Waals surface area contributed by atoms with Gasteiger partial charge >= 0.3 is 0 Å². The summed E-state index contributed by atoms with van der Waals surface area (Å²) in [6, 6.07) is 14.0. The lowest BCUT2D eigenvalue weighted by Crippen LogP contribution is -2.48. The second-order valence-electron chi connectivity index (χ2n) is 8.47. The summed E-state index contributed by atoms with van der Waals surface area (Å²) in [5.74, 6) is 0.0998. The van der Waals surface area contributed by atoms with Crippen LogP contribution in [0.25, 0.3) is 16.6 Å². The van der Waals surface area contributed by atoms with Crippen molar-refractivity contribution >= 4 is 22.5 Å². The molecule has 0 bridgehead atoms. The number of carbonyl (C=O) groups excluding carboxylic acids is 1. The molecule has 158 valence electrons. The second kappa shape index (κ2) is 7.78. The van der Waals surface area contributed by atoms with Crippen molar-refractivity contribution < 1.29 is 4.79 Å². The number of para-hydroxylation sites is 1. The Morgan fingerprint density at radius 3 is 2.55 bits per heavy atom. The van der Waals surface area contributed by atoms with E-state index in [9.17, 15) is 4.79 Å². The first-order chi connectivity index (χ1) is 15.0. The number of carbonyl (C=O) groups is 1. The Bertz CT molecular complexity index is 1280. The van der Waals surface area contributed by atoms with Crippen LogP contribution in [0.1, 0.15) is 33.0 Å². The largest absolute Gasteiger partial charge is 0.336 e. The van der Waals surface area contributed by atoms with Gasteiger partial charge in [0.05, 0.1) is 22.5 Å². The van der Waals surface area contributed by atoms with Gasteiger partial charge in [0, 0.05) is 50.0 Å². The SMILES string of the molecule is Cc1ccn2c(CN3CCN(C(=O)c4cc(C)nc5ccccc45)CC3)c(C)nc2c1. The van der Waals surface area contributed by atoms with Crippen LogP contribution in [0, 0.1) is 20.8 Å². The van der Waals surface area contributed by atoms with Gasteiger partial charge in [-0.1, -0.05) is 18.2 Å². The minimum absolute atomic E-state index is 0.0998. The number of hydrogen-bond acceptors (Lipinski definition) is 4. The lowest BCUT2D eigenvalue weighted by Gasteiger charge is -2.35. The van der Waals surface area contributed by atoms with Crippen molar-refractivity contribution in [2.75, 3.05) is 26.2 Å². The third kappa shape index (κ3) is 3.68. The first-order valence-corrected chi connectivity index (χ1v) is 10.8. The fourth-order valence-corrected chi connectivity index (χ4v) is 4.48. The molecule has 0 N–H and O–H groups in total. The van der Waals surface area contributed by atoms with Crippen molar-refractivity contribution in [1.82, 2.24) is 24.2 Å². The van der Waals surface area contributed by atoms with Crippen molar-refractivity contribution in [3.8, 4) is 0 Å². The zero-order chi connectivity index (χ0) is 21.5. The standard InChI is InChI=1S/C25H27N5O/c1-17-8-9-30-23(19(3)27-24(30)14-17)16-28-10-12-29(13-11-28)25(31)21-15-18(2)26-22-7-5-4-6-20(21)22/h4-9,14-15H,10-13,16H2,1-3H3. The van der Waals surface area contributed by atoms with Gasteiger partial charge in [0.25, 0.3) is 5.91 Å². The summed E-state index contributed by atoms with van der Waals surface area (Å²) in [4.78, 5) is 27.0. The molecular formula is C25H27N5O. The Morgan fingerprint density at radius 1 is 0.968 bits per heavy atom. The number of hydrogen-bond donors (Lipinski definition) is 0. The number of aromatic nitrogens is 3. The highest BCUT2D eigenvalue weighted by atomic mass is 16.2. The quantitative estimate of drug-likeness (QED) is 0.513. The summed E-state index contributed by atoms with van der Waals surface area (Å²) in [7, 11) is 0. The third-order valence-corrected chi connectivity index (χ3v) is 6.19. The molecule has 0 spiro atoms. The molecule has 1 fully saturated rings. The topological polar surface area (TPSA) is 53.7 Å². The zero-order valence-electron chi connectivity index (χ0n) is 18.3. The number of fused-ring (bicyclic) bond motifs is 2. The van der Waals surface area contributed by atoms with Gasteiger partial charge in [-0.15, -0.1) is 0 Å². The Kier molecular flexibility index (Phi) is 4.94. The van der Waals surface area contributed by atoms with Crippen molar-refractivity contribution in [3.63, 3.8) is 0 Å². The van der Waals surface area contributed by atoms with E-state index in [1.807, 2.05) is 42.2 Å². The minimum atomic E-state index is 0.0998. The molecule has 4 aromatic rings. The molecule has 1 aliphatic rings. The van der Waals surface area contributed by atoms with Crippen LogP contribution in [0.4, 0.5) is 0 Å². The minimum Gasteiger partial charge on any atom is -0.336 e. The lowest BCUT2D eigenvalue weighted by atomic mass is 10.1. The van der Waals surface area contributed by atoms with E-state index in [0.29, 0.717) is 0 Å². The van der Waals surface area contributed by atoms with E-state index >= 15 is 0 Å². The summed E-state index contributed by atoms with van der Waals surface area (Å²) >= 11 is 0. The first-order valence-electron chi connectivity index (χ1n) is 10.8. The maximum Gasteiger partial charge on any atom is 0.254 e. The van der Waals surface area contributed by atoms with Crippen LogP contribution >= 0.6 is 0 Å². The van der Waals surface area contributed by atoms with Crippen molar-refractivity contribution in [1.29, 1.82) is 0 Å². The highest BCUT2D eigenvalue weighted by Crippen LogP contribution is 2.21. The molecule has 0 unspecified atom stereocenters. The molecule has 0 aliphatic carbocycles. The Hall–Kier alpha value is -3.25. The van der Waals surface area contributed by atoms with Crippen LogP contribution in [0.5, 0.6) is 0 Å². The van der Waals surface area contributed by atoms with E-state index in [2.05, 4.69) is 46.5 Å². The normalized spacial score (nSPS) is 15.1. The molecule has 4 heterocycles. The Labute approximate surface area is 182 Å². The van der Waals surface area contributed by atoms with Gasteiger partial charge in [0.2, 0.25) is 0 Å². The predicted molar refractivity (Wildman–Crippen MR) is 122 cm³/mol. The summed E-state index contributed by atoms with van der Waals surface area (Å²) in [6.45, 7) is 10.1. The molecule has 1 aromatic carbocycles. The molecule has 3 aromatic heterocycles. The lowest BCUT2D eigenvalue weighted by molar-refractivity contribution is 0.0628. The number of nitrogens with zero attached hydrogens (tertiary/aromatic N) is 5. The van der Waals surface area contributed by atoms with Gasteiger partial charge in [0.1, 0.15) is 5.65 Å². The number of rotatable bonds is 3. The van der Waals surface area contributed by atoms with Crippen LogP contribution in [-0.4, -0.2) is 56.3 Å². The molecule has 0 atom stereocenters. The third-order valence-electron chi connectivity index (χ3n) is 6.19. The van der Waals surface area contributed by atoms with E-state index in [1.54, 1.807) is 0 Å². The maximum atomic E-state index is 13.3. The van der Waals surface area contributed by atoms with Crippen LogP contribution < -0.4 is 0 Å². The van der Waals surface area contributed by atoms with Crippen molar-refractivity contribution in [3.05, 3.63) is 76.9 Å². The van der Waals surface area contributed by atoms with Gasteiger partial charge in [0.15, 0.2) is 0 Å². The monoisotopic (exact) mass is 413 g/mol. The van der Waals surface area contributed by atoms with E-state index in [-0.39, 0.29) is 5.91 Å². The van der Waals surface area contributed by atoms with Gasteiger partial charge in [-0.25, -0.2) is 4.98 Å².